The van der Waals surface area contributed by atoms with E-state index in [1.807, 2.05) is 12.1 Å². The van der Waals surface area contributed by atoms with E-state index in [1.54, 1.807) is 0 Å². The fourth-order valence-electron chi connectivity index (χ4n) is 7.92. The highest BCUT2D eigenvalue weighted by Gasteiger charge is 2.27. The van der Waals surface area contributed by atoms with Gasteiger partial charge in [-0.25, -0.2) is 0 Å². The van der Waals surface area contributed by atoms with Gasteiger partial charge in [0.1, 0.15) is 0 Å². The molecule has 0 aliphatic carbocycles. The molecular formula is C36H14Cl2. The summed E-state index contributed by atoms with van der Waals surface area (Å²) < 4.78 is 0. The van der Waals surface area contributed by atoms with Gasteiger partial charge in [-0.05, 0) is 120 Å². The Kier molecular flexibility index (Phi) is 2.91. The van der Waals surface area contributed by atoms with E-state index in [0.29, 0.717) is 10.0 Å². The number of benzene rings is 6. The predicted octanol–water partition coefficient (Wildman–Crippen LogP) is 11.7. The van der Waals surface area contributed by atoms with Gasteiger partial charge in [0, 0.05) is 0 Å². The summed E-state index contributed by atoms with van der Waals surface area (Å²) in [6.07, 6.45) is 0. The average molecular weight is 517 g/mol. The average Bonchev–Trinajstić information content (AvgIpc) is 2.91. The van der Waals surface area contributed by atoms with E-state index in [9.17, 15) is 0 Å². The van der Waals surface area contributed by atoms with Gasteiger partial charge in [0.2, 0.25) is 0 Å². The Morgan fingerprint density at radius 1 is 0.263 bits per heavy atom. The van der Waals surface area contributed by atoms with Gasteiger partial charge in [-0.3, -0.25) is 0 Å². The van der Waals surface area contributed by atoms with E-state index in [2.05, 4.69) is 72.8 Å². The van der Waals surface area contributed by atoms with Crippen molar-refractivity contribution in [3.05, 3.63) is 95.0 Å². The SMILES string of the molecule is Clc1cc2c3ccc4c5ccc6c7ccc8c9ccc%10c%11ccccc%11c%10c9c8c7c6c5c4c3c2cc1Cl. The normalized spacial score (nSPS) is 13.5. The Morgan fingerprint density at radius 3 is 1.03 bits per heavy atom. The summed E-state index contributed by atoms with van der Waals surface area (Å²) in [6.45, 7) is 0. The standard InChI is InChI=1S/C36H14Cl2/c37-27-13-25-24-12-11-19-21-8-10-23-22-9-7-20-18-6-5-17-15-3-1-2-4-16(15)29(17)31(18)33(20)35(22)36(23)34(21)32(19)30(24)26(25)14-28(27)38/h1-14H. The van der Waals surface area contributed by atoms with Gasteiger partial charge in [-0.15, -0.1) is 0 Å². The van der Waals surface area contributed by atoms with Gasteiger partial charge < -0.3 is 0 Å². The summed E-state index contributed by atoms with van der Waals surface area (Å²) in [6, 6.07) is 31.4. The number of hydrogen-bond donors (Lipinski definition) is 0. The van der Waals surface area contributed by atoms with Crippen molar-refractivity contribution in [2.24, 2.45) is 0 Å². The van der Waals surface area contributed by atoms with E-state index in [1.165, 1.54) is 108 Å². The summed E-state index contributed by atoms with van der Waals surface area (Å²) in [5.41, 5.74) is 0. The Bertz CT molecular complexity index is 2770. The van der Waals surface area contributed by atoms with Crippen molar-refractivity contribution in [3.63, 3.8) is 0 Å². The molecule has 0 aromatic heterocycles. The first-order valence-corrected chi connectivity index (χ1v) is 13.8. The minimum absolute atomic E-state index is 0.619. The third-order valence-electron chi connectivity index (χ3n) is 9.55. The zero-order valence-corrected chi connectivity index (χ0v) is 21.4. The fraction of sp³-hybridized carbons (Fsp3) is 0. The van der Waals surface area contributed by atoms with Crippen molar-refractivity contribution in [2.75, 3.05) is 0 Å². The number of hydrogen-bond acceptors (Lipinski definition) is 0. The molecule has 0 bridgehead atoms. The van der Waals surface area contributed by atoms with Crippen molar-refractivity contribution < 1.29 is 0 Å². The summed E-state index contributed by atoms with van der Waals surface area (Å²) in [5.74, 6) is 0. The molecule has 11 rings (SSSR count). The first kappa shape index (κ1) is 19.0. The quantitative estimate of drug-likeness (QED) is 0.188. The van der Waals surface area contributed by atoms with Crippen LogP contribution in [0, 0.1) is 0 Å². The molecule has 0 amide bonds. The molecule has 0 N–H and O–H groups in total. The lowest BCUT2D eigenvalue weighted by molar-refractivity contribution is 1.80. The monoisotopic (exact) mass is 516 g/mol. The first-order chi connectivity index (χ1) is 18.7. The largest absolute Gasteiger partial charge is 0.0827 e. The van der Waals surface area contributed by atoms with Crippen molar-refractivity contribution in [3.8, 4) is 0 Å². The van der Waals surface area contributed by atoms with Crippen LogP contribution in [0.2, 0.25) is 10.0 Å². The molecule has 2 heteroatoms. The van der Waals surface area contributed by atoms with Crippen LogP contribution in [0.25, 0.3) is 108 Å². The molecule has 11 aromatic carbocycles. The molecule has 0 saturated carbocycles. The molecule has 0 atom stereocenters. The Hall–Kier alpha value is -4.10. The number of halogens is 2. The maximum Gasteiger partial charge on any atom is 0.0598 e. The summed E-state index contributed by atoms with van der Waals surface area (Å²) in [4.78, 5) is 0. The fourth-order valence-corrected chi connectivity index (χ4v) is 8.25. The molecule has 0 fully saturated rings. The maximum atomic E-state index is 6.46. The zero-order chi connectivity index (χ0) is 24.6. The highest BCUT2D eigenvalue weighted by Crippen LogP contribution is 2.56. The lowest BCUT2D eigenvalue weighted by Crippen LogP contribution is -1.98. The van der Waals surface area contributed by atoms with Gasteiger partial charge in [-0.2, -0.15) is 0 Å². The molecule has 11 aromatic rings. The Balaban J connectivity index is 1.35. The van der Waals surface area contributed by atoms with Gasteiger partial charge in [0.15, 0.2) is 0 Å². The minimum Gasteiger partial charge on any atom is -0.0827 e. The molecular weight excluding hydrogens is 503 g/mol. The molecule has 38 heavy (non-hydrogen) atoms. The summed E-state index contributed by atoms with van der Waals surface area (Å²) >= 11 is 12.8. The highest BCUT2D eigenvalue weighted by molar-refractivity contribution is 6.55. The molecule has 0 heterocycles. The summed E-state index contributed by atoms with van der Waals surface area (Å²) in [5, 5.41) is 28.7. The van der Waals surface area contributed by atoms with E-state index in [-0.39, 0.29) is 0 Å². The van der Waals surface area contributed by atoms with Crippen LogP contribution in [-0.2, 0) is 0 Å². The maximum absolute atomic E-state index is 6.46. The third kappa shape index (κ3) is 1.78. The van der Waals surface area contributed by atoms with E-state index < -0.39 is 0 Å². The van der Waals surface area contributed by atoms with Gasteiger partial charge in [0.25, 0.3) is 0 Å². The van der Waals surface area contributed by atoms with Crippen molar-refractivity contribution >= 4 is 131 Å². The topological polar surface area (TPSA) is 0 Å². The predicted molar refractivity (Wildman–Crippen MR) is 167 cm³/mol. The van der Waals surface area contributed by atoms with E-state index in [4.69, 9.17) is 23.2 Å². The smallest absolute Gasteiger partial charge is 0.0598 e. The molecule has 0 saturated heterocycles. The molecule has 172 valence electrons. The van der Waals surface area contributed by atoms with Crippen LogP contribution in [0.1, 0.15) is 0 Å². The molecule has 0 nitrogen and oxygen atoms in total. The molecule has 0 aliphatic heterocycles. The minimum atomic E-state index is 0.619. The highest BCUT2D eigenvalue weighted by atomic mass is 35.5. The van der Waals surface area contributed by atoms with Crippen molar-refractivity contribution in [2.45, 2.75) is 0 Å². The van der Waals surface area contributed by atoms with Gasteiger partial charge in [0.05, 0.1) is 10.0 Å². The second kappa shape index (κ2) is 5.81. The molecule has 0 spiro atoms. The number of rotatable bonds is 0. The zero-order valence-electron chi connectivity index (χ0n) is 19.8. The van der Waals surface area contributed by atoms with Crippen molar-refractivity contribution in [1.29, 1.82) is 0 Å². The van der Waals surface area contributed by atoms with E-state index >= 15 is 0 Å². The Labute approximate surface area is 225 Å². The van der Waals surface area contributed by atoms with Crippen LogP contribution in [0.3, 0.4) is 0 Å². The molecule has 0 unspecified atom stereocenters. The van der Waals surface area contributed by atoms with Crippen molar-refractivity contribution in [1.82, 2.24) is 0 Å². The first-order valence-electron chi connectivity index (χ1n) is 13.0. The second-order valence-electron chi connectivity index (χ2n) is 11.0. The molecule has 0 radical (unpaired) electrons. The lowest BCUT2D eigenvalue weighted by atomic mass is 9.76. The summed E-state index contributed by atoms with van der Waals surface area (Å²) in [7, 11) is 0. The van der Waals surface area contributed by atoms with Gasteiger partial charge in [-0.1, -0.05) is 96.0 Å². The van der Waals surface area contributed by atoms with Crippen LogP contribution in [0.15, 0.2) is 84.9 Å². The Morgan fingerprint density at radius 2 is 0.553 bits per heavy atom. The second-order valence-corrected chi connectivity index (χ2v) is 11.8. The van der Waals surface area contributed by atoms with Crippen LogP contribution in [-0.4, -0.2) is 0 Å². The van der Waals surface area contributed by atoms with Crippen LogP contribution < -0.4 is 0 Å². The van der Waals surface area contributed by atoms with Crippen LogP contribution in [0.4, 0.5) is 0 Å². The van der Waals surface area contributed by atoms with Crippen LogP contribution in [0.5, 0.6) is 0 Å². The lowest BCUT2D eigenvalue weighted by Gasteiger charge is -2.27. The van der Waals surface area contributed by atoms with E-state index in [0.717, 1.165) is 0 Å². The molecule has 0 aliphatic rings. The number of fused-ring (bicyclic) bond motifs is 24. The van der Waals surface area contributed by atoms with Crippen LogP contribution >= 0.6 is 23.2 Å². The third-order valence-corrected chi connectivity index (χ3v) is 10.3. The van der Waals surface area contributed by atoms with Gasteiger partial charge >= 0.3 is 0 Å².